The number of hydrogen-bond donors (Lipinski definition) is 0. The molecule has 0 N–H and O–H groups in total. The maximum Gasteiger partial charge on any atom is 0.0618 e. The fourth-order valence-electron chi connectivity index (χ4n) is 10.8. The molecule has 13 aromatic rings. The minimum Gasteiger partial charge on any atom is -0.309 e. The minimum absolute atomic E-state index is 1.06. The van der Waals surface area contributed by atoms with E-state index >= 15 is 0 Å². The van der Waals surface area contributed by atoms with Crippen LogP contribution in [0, 0.1) is 0 Å². The van der Waals surface area contributed by atoms with Crippen molar-refractivity contribution in [2.45, 2.75) is 0 Å². The average molecular weight is 891 g/mol. The first-order valence-electron chi connectivity index (χ1n) is 24.1. The third kappa shape index (κ3) is 7.05. The van der Waals surface area contributed by atoms with Crippen LogP contribution in [-0.4, -0.2) is 4.57 Å². The topological polar surface area (TPSA) is 8.17 Å². The molecule has 0 spiro atoms. The second kappa shape index (κ2) is 17.4. The molecule has 0 bridgehead atoms. The fourth-order valence-corrected chi connectivity index (χ4v) is 10.8. The van der Waals surface area contributed by atoms with Crippen LogP contribution in [0.1, 0.15) is 0 Å². The quantitative estimate of drug-likeness (QED) is 0.140. The molecular weight excluding hydrogens is 845 g/mol. The molecule has 0 amide bonds. The molecule has 0 atom stereocenters. The Kier molecular flexibility index (Phi) is 10.2. The molecule has 0 radical (unpaired) electrons. The number of anilines is 3. The van der Waals surface area contributed by atoms with Crippen molar-refractivity contribution in [1.29, 1.82) is 0 Å². The van der Waals surface area contributed by atoms with Crippen LogP contribution in [-0.2, 0) is 0 Å². The highest BCUT2D eigenvalue weighted by Crippen LogP contribution is 2.48. The summed E-state index contributed by atoms with van der Waals surface area (Å²) < 4.78 is 2.51. The SMILES string of the molecule is c1ccc(-c2ccc(N(c3ccc(-c4cccc(-c5ccccc5)c4-n4c5ccccc5c5c6ccccc6ccc54)cc3)c3ccccc3-c3cccc4ccccc34)c(-c3ccccc3)c2)cc1. The Bertz CT molecular complexity index is 4030. The van der Waals surface area contributed by atoms with Gasteiger partial charge in [0, 0.05) is 38.7 Å². The molecule has 0 fully saturated rings. The summed E-state index contributed by atoms with van der Waals surface area (Å²) in [5.41, 5.74) is 18.4. The summed E-state index contributed by atoms with van der Waals surface area (Å²) in [4.78, 5) is 2.47. The van der Waals surface area contributed by atoms with Gasteiger partial charge in [-0.3, -0.25) is 0 Å². The van der Waals surface area contributed by atoms with Gasteiger partial charge in [-0.05, 0) is 97.4 Å². The molecule has 0 aliphatic carbocycles. The molecule has 2 heteroatoms. The summed E-state index contributed by atoms with van der Waals surface area (Å²) in [6.45, 7) is 0. The van der Waals surface area contributed by atoms with E-state index in [4.69, 9.17) is 0 Å². The van der Waals surface area contributed by atoms with Crippen molar-refractivity contribution in [2.75, 3.05) is 4.90 Å². The van der Waals surface area contributed by atoms with Gasteiger partial charge in [0.2, 0.25) is 0 Å². The Morgan fingerprint density at radius 3 is 1.47 bits per heavy atom. The van der Waals surface area contributed by atoms with Crippen LogP contribution in [0.25, 0.3) is 105 Å². The Labute approximate surface area is 408 Å². The van der Waals surface area contributed by atoms with Gasteiger partial charge < -0.3 is 9.47 Å². The molecular formula is C68H46N2. The standard InChI is InChI=1S/C68H46N2/c1-4-20-47(21-5-1)53-41-44-65(62(46-53)50-24-8-3-9-25-50)69(63-36-16-14-31-60(63)59-35-18-28-48-26-10-12-29-55(48)59)54-42-38-52(39-43-54)58-34-19-33-57(49-22-6-2-7-23-49)68(58)70-64-37-17-15-32-61(64)67-56-30-13-11-27-51(56)40-45-66(67)70/h1-46H. The normalized spacial score (nSPS) is 11.4. The second-order valence-electron chi connectivity index (χ2n) is 18.0. The number of benzene rings is 12. The van der Waals surface area contributed by atoms with Crippen LogP contribution in [0.2, 0.25) is 0 Å². The van der Waals surface area contributed by atoms with Gasteiger partial charge in [-0.1, -0.05) is 237 Å². The maximum absolute atomic E-state index is 2.51. The van der Waals surface area contributed by atoms with Gasteiger partial charge >= 0.3 is 0 Å². The van der Waals surface area contributed by atoms with Crippen molar-refractivity contribution in [3.8, 4) is 61.3 Å². The number of fused-ring (bicyclic) bond motifs is 6. The highest BCUT2D eigenvalue weighted by Gasteiger charge is 2.24. The van der Waals surface area contributed by atoms with E-state index in [9.17, 15) is 0 Å². The van der Waals surface area contributed by atoms with Crippen LogP contribution in [0.15, 0.2) is 279 Å². The van der Waals surface area contributed by atoms with E-state index in [1.165, 1.54) is 71.2 Å². The van der Waals surface area contributed by atoms with E-state index in [2.05, 4.69) is 289 Å². The van der Waals surface area contributed by atoms with Gasteiger partial charge in [-0.25, -0.2) is 0 Å². The zero-order valence-corrected chi connectivity index (χ0v) is 38.5. The highest BCUT2D eigenvalue weighted by molar-refractivity contribution is 6.22. The molecule has 1 heterocycles. The van der Waals surface area contributed by atoms with Crippen LogP contribution in [0.3, 0.4) is 0 Å². The third-order valence-corrected chi connectivity index (χ3v) is 14.0. The Hall–Kier alpha value is -9.24. The number of para-hydroxylation sites is 3. The summed E-state index contributed by atoms with van der Waals surface area (Å²) in [5, 5.41) is 7.44. The lowest BCUT2D eigenvalue weighted by atomic mass is 9.93. The van der Waals surface area contributed by atoms with Crippen LogP contribution in [0.5, 0.6) is 0 Å². The molecule has 12 aromatic carbocycles. The number of hydrogen-bond acceptors (Lipinski definition) is 1. The van der Waals surface area contributed by atoms with Gasteiger partial charge in [0.05, 0.1) is 28.1 Å². The molecule has 13 rings (SSSR count). The number of nitrogens with zero attached hydrogens (tertiary/aromatic N) is 2. The number of aromatic nitrogens is 1. The van der Waals surface area contributed by atoms with E-state index in [-0.39, 0.29) is 0 Å². The van der Waals surface area contributed by atoms with Gasteiger partial charge in [-0.2, -0.15) is 0 Å². The predicted molar refractivity (Wildman–Crippen MR) is 298 cm³/mol. The fraction of sp³-hybridized carbons (Fsp3) is 0. The highest BCUT2D eigenvalue weighted by atomic mass is 15.1. The third-order valence-electron chi connectivity index (χ3n) is 14.0. The van der Waals surface area contributed by atoms with E-state index in [1.54, 1.807) is 0 Å². The Balaban J connectivity index is 1.05. The lowest BCUT2D eigenvalue weighted by Crippen LogP contribution is -2.12. The zero-order valence-electron chi connectivity index (χ0n) is 38.5. The maximum atomic E-state index is 2.51. The first-order valence-corrected chi connectivity index (χ1v) is 24.1. The van der Waals surface area contributed by atoms with E-state index in [1.807, 2.05) is 0 Å². The summed E-state index contributed by atoms with van der Waals surface area (Å²) in [6.07, 6.45) is 0. The van der Waals surface area contributed by atoms with Crippen molar-refractivity contribution >= 4 is 60.4 Å². The van der Waals surface area contributed by atoms with Gasteiger partial charge in [0.25, 0.3) is 0 Å². The molecule has 70 heavy (non-hydrogen) atoms. The van der Waals surface area contributed by atoms with Crippen molar-refractivity contribution in [3.05, 3.63) is 279 Å². The van der Waals surface area contributed by atoms with Gasteiger partial charge in [0.1, 0.15) is 0 Å². The molecule has 0 saturated heterocycles. The first kappa shape index (κ1) is 41.0. The minimum atomic E-state index is 1.06. The summed E-state index contributed by atoms with van der Waals surface area (Å²) in [6, 6.07) is 102. The van der Waals surface area contributed by atoms with Gasteiger partial charge in [-0.15, -0.1) is 0 Å². The summed E-state index contributed by atoms with van der Waals surface area (Å²) in [5.74, 6) is 0. The average Bonchev–Trinajstić information content (AvgIpc) is 3.78. The molecule has 0 aliphatic heterocycles. The summed E-state index contributed by atoms with van der Waals surface area (Å²) >= 11 is 0. The lowest BCUT2D eigenvalue weighted by molar-refractivity contribution is 1.18. The molecule has 0 aliphatic rings. The zero-order chi connectivity index (χ0) is 46.4. The largest absolute Gasteiger partial charge is 0.309 e. The van der Waals surface area contributed by atoms with Crippen molar-refractivity contribution in [3.63, 3.8) is 0 Å². The van der Waals surface area contributed by atoms with Crippen molar-refractivity contribution in [2.24, 2.45) is 0 Å². The van der Waals surface area contributed by atoms with Crippen LogP contribution >= 0.6 is 0 Å². The Morgan fingerprint density at radius 2 is 0.743 bits per heavy atom. The van der Waals surface area contributed by atoms with Crippen molar-refractivity contribution < 1.29 is 0 Å². The molecule has 0 saturated carbocycles. The van der Waals surface area contributed by atoms with Crippen LogP contribution in [0.4, 0.5) is 17.1 Å². The van der Waals surface area contributed by atoms with Crippen molar-refractivity contribution in [1.82, 2.24) is 4.57 Å². The monoisotopic (exact) mass is 890 g/mol. The molecule has 328 valence electrons. The second-order valence-corrected chi connectivity index (χ2v) is 18.0. The van der Waals surface area contributed by atoms with Gasteiger partial charge in [0.15, 0.2) is 0 Å². The number of rotatable bonds is 9. The van der Waals surface area contributed by atoms with E-state index in [0.717, 1.165) is 50.6 Å². The lowest BCUT2D eigenvalue weighted by Gasteiger charge is -2.30. The smallest absolute Gasteiger partial charge is 0.0618 e. The van der Waals surface area contributed by atoms with Crippen LogP contribution < -0.4 is 4.90 Å². The predicted octanol–water partition coefficient (Wildman–Crippen LogP) is 18.9. The molecule has 2 nitrogen and oxygen atoms in total. The molecule has 1 aromatic heterocycles. The Morgan fingerprint density at radius 1 is 0.257 bits per heavy atom. The summed E-state index contributed by atoms with van der Waals surface area (Å²) in [7, 11) is 0. The van der Waals surface area contributed by atoms with E-state index < -0.39 is 0 Å². The van der Waals surface area contributed by atoms with E-state index in [0.29, 0.717) is 0 Å². The molecule has 0 unspecified atom stereocenters. The first-order chi connectivity index (χ1) is 34.8.